The van der Waals surface area contributed by atoms with Crippen LogP contribution < -0.4 is 10.6 Å². The highest BCUT2D eigenvalue weighted by atomic mass is 16.1. The molecule has 2 N–H and O–H groups in total. The second kappa shape index (κ2) is 13.1. The lowest BCUT2D eigenvalue weighted by Crippen LogP contribution is -2.26. The number of nitriles is 1. The van der Waals surface area contributed by atoms with E-state index >= 15 is 0 Å². The number of carbonyl (C=O) groups is 1. The molecule has 0 radical (unpaired) electrons. The number of benzene rings is 1. The highest BCUT2D eigenvalue weighted by Gasteiger charge is 2.16. The molecule has 1 aliphatic carbocycles. The predicted octanol–water partition coefficient (Wildman–Crippen LogP) is 6.73. The maximum absolute atomic E-state index is 12.8. The van der Waals surface area contributed by atoms with Gasteiger partial charge in [-0.3, -0.25) is 4.79 Å². The summed E-state index contributed by atoms with van der Waals surface area (Å²) in [4.78, 5) is 12.8. The number of nitrogens with one attached hydrogen (secondary N) is 2. The predicted molar refractivity (Wildman–Crippen MR) is 125 cm³/mol. The van der Waals surface area contributed by atoms with Crippen LogP contribution in [0, 0.1) is 18.3 Å². The normalized spacial score (nSPS) is 17.5. The molecule has 1 aromatic rings. The fraction of sp³-hybridized carbons (Fsp3) is 0.615. The Hall–Kier alpha value is -2.28. The van der Waals surface area contributed by atoms with Gasteiger partial charge in [-0.25, -0.2) is 0 Å². The number of hydrogen-bond acceptors (Lipinski definition) is 3. The lowest BCUT2D eigenvalue weighted by molar-refractivity contribution is -0.112. The quantitative estimate of drug-likeness (QED) is 0.419. The molecular weight excluding hydrogens is 370 g/mol. The third-order valence-electron chi connectivity index (χ3n) is 6.10. The van der Waals surface area contributed by atoms with Gasteiger partial charge in [0, 0.05) is 17.9 Å². The largest absolute Gasteiger partial charge is 0.387 e. The van der Waals surface area contributed by atoms with E-state index in [1.54, 1.807) is 6.20 Å². The van der Waals surface area contributed by atoms with E-state index in [0.29, 0.717) is 12.0 Å². The van der Waals surface area contributed by atoms with Crippen LogP contribution in [0.4, 0.5) is 5.69 Å². The lowest BCUT2D eigenvalue weighted by atomic mass is 9.97. The van der Waals surface area contributed by atoms with Crippen LogP contribution in [-0.4, -0.2) is 11.9 Å². The van der Waals surface area contributed by atoms with Gasteiger partial charge in [0.15, 0.2) is 0 Å². The number of hydrogen-bond donors (Lipinski definition) is 2. The van der Waals surface area contributed by atoms with Gasteiger partial charge in [0.25, 0.3) is 5.91 Å². The van der Waals surface area contributed by atoms with Crippen LogP contribution in [0.1, 0.15) is 102 Å². The summed E-state index contributed by atoms with van der Waals surface area (Å²) in [5, 5.41) is 16.0. The summed E-state index contributed by atoms with van der Waals surface area (Å²) in [5.41, 5.74) is 3.07. The van der Waals surface area contributed by atoms with Crippen molar-refractivity contribution in [3.63, 3.8) is 0 Å². The number of amides is 1. The Bertz CT molecular complexity index is 733. The minimum Gasteiger partial charge on any atom is -0.387 e. The molecule has 1 saturated carbocycles. The molecule has 164 valence electrons. The molecule has 2 rings (SSSR count). The molecular formula is C26H39N3O. The molecule has 0 bridgehead atoms. The first-order chi connectivity index (χ1) is 14.5. The van der Waals surface area contributed by atoms with Crippen molar-refractivity contribution in [3.05, 3.63) is 41.1 Å². The first-order valence-electron chi connectivity index (χ1n) is 11.8. The number of anilines is 1. The van der Waals surface area contributed by atoms with Gasteiger partial charge in [0.2, 0.25) is 0 Å². The SMILES string of the molecule is Cc1cccc(C(C)C)c1NC(=O)/C(C#N)=C\NC1CCCCCCCCCCC1. The molecule has 4 nitrogen and oxygen atoms in total. The van der Waals surface area contributed by atoms with Crippen LogP contribution in [0.2, 0.25) is 0 Å². The van der Waals surface area contributed by atoms with Crippen LogP contribution in [0.25, 0.3) is 0 Å². The number of aryl methyl sites for hydroxylation is 1. The second-order valence-corrected chi connectivity index (χ2v) is 8.94. The third kappa shape index (κ3) is 7.86. The van der Waals surface area contributed by atoms with Crippen molar-refractivity contribution >= 4 is 11.6 Å². The van der Waals surface area contributed by atoms with E-state index in [9.17, 15) is 10.1 Å². The molecule has 0 heterocycles. The van der Waals surface area contributed by atoms with E-state index in [2.05, 4.69) is 30.6 Å². The van der Waals surface area contributed by atoms with Gasteiger partial charge in [-0.05, 0) is 36.8 Å². The third-order valence-corrected chi connectivity index (χ3v) is 6.10. The Morgan fingerprint density at radius 2 is 1.60 bits per heavy atom. The zero-order valence-corrected chi connectivity index (χ0v) is 19.1. The topological polar surface area (TPSA) is 64.9 Å². The Morgan fingerprint density at radius 1 is 1.03 bits per heavy atom. The average Bonchev–Trinajstić information content (AvgIpc) is 2.71. The van der Waals surface area contributed by atoms with Gasteiger partial charge in [-0.15, -0.1) is 0 Å². The fourth-order valence-corrected chi connectivity index (χ4v) is 4.20. The van der Waals surface area contributed by atoms with Gasteiger partial charge in [-0.2, -0.15) is 5.26 Å². The Balaban J connectivity index is 2.03. The van der Waals surface area contributed by atoms with E-state index in [1.165, 1.54) is 57.8 Å². The van der Waals surface area contributed by atoms with Gasteiger partial charge in [-0.1, -0.05) is 89.8 Å². The maximum Gasteiger partial charge on any atom is 0.267 e. The summed E-state index contributed by atoms with van der Waals surface area (Å²) in [6, 6.07) is 8.45. The number of rotatable bonds is 5. The Labute approximate surface area is 183 Å². The highest BCUT2D eigenvalue weighted by molar-refractivity contribution is 6.07. The summed E-state index contributed by atoms with van der Waals surface area (Å²) in [6.45, 7) is 6.20. The average molecular weight is 410 g/mol. The molecule has 0 saturated heterocycles. The van der Waals surface area contributed by atoms with Gasteiger partial charge >= 0.3 is 0 Å². The van der Waals surface area contributed by atoms with E-state index in [4.69, 9.17) is 0 Å². The van der Waals surface area contributed by atoms with Crippen molar-refractivity contribution in [3.8, 4) is 6.07 Å². The maximum atomic E-state index is 12.8. The smallest absolute Gasteiger partial charge is 0.267 e. The number of carbonyl (C=O) groups excluding carboxylic acids is 1. The summed E-state index contributed by atoms with van der Waals surface area (Å²) < 4.78 is 0. The summed E-state index contributed by atoms with van der Waals surface area (Å²) in [5.74, 6) is -0.0431. The summed E-state index contributed by atoms with van der Waals surface area (Å²) in [7, 11) is 0. The molecule has 0 atom stereocenters. The lowest BCUT2D eigenvalue weighted by Gasteiger charge is -2.19. The molecule has 1 aromatic carbocycles. The van der Waals surface area contributed by atoms with E-state index in [0.717, 1.165) is 29.7 Å². The van der Waals surface area contributed by atoms with Gasteiger partial charge in [0.05, 0.1) is 0 Å². The second-order valence-electron chi connectivity index (χ2n) is 8.94. The Kier molecular flexibility index (Phi) is 10.5. The van der Waals surface area contributed by atoms with Crippen molar-refractivity contribution in [2.75, 3.05) is 5.32 Å². The molecule has 4 heteroatoms. The molecule has 0 spiro atoms. The van der Waals surface area contributed by atoms with Crippen LogP contribution in [0.3, 0.4) is 0 Å². The van der Waals surface area contributed by atoms with Crippen LogP contribution in [0.5, 0.6) is 0 Å². The molecule has 1 amide bonds. The zero-order valence-electron chi connectivity index (χ0n) is 19.1. The van der Waals surface area contributed by atoms with E-state index < -0.39 is 0 Å². The minimum absolute atomic E-state index is 0.138. The van der Waals surface area contributed by atoms with Gasteiger partial charge < -0.3 is 10.6 Å². The Morgan fingerprint density at radius 3 is 2.13 bits per heavy atom. The van der Waals surface area contributed by atoms with Crippen LogP contribution >= 0.6 is 0 Å². The highest BCUT2D eigenvalue weighted by Crippen LogP contribution is 2.27. The summed E-state index contributed by atoms with van der Waals surface area (Å²) >= 11 is 0. The molecule has 1 fully saturated rings. The van der Waals surface area contributed by atoms with E-state index in [1.807, 2.05) is 25.1 Å². The standard InChI is InChI=1S/C26H39N3O/c1-20(2)24-17-13-14-21(3)25(24)29-26(30)22(18-27)19-28-23-15-11-9-7-5-4-6-8-10-12-16-23/h13-14,17,19-20,23,28H,4-12,15-16H2,1-3H3,(H,29,30)/b22-19-. The fourth-order valence-electron chi connectivity index (χ4n) is 4.20. The van der Waals surface area contributed by atoms with Crippen molar-refractivity contribution in [1.82, 2.24) is 5.32 Å². The molecule has 1 aliphatic rings. The first-order valence-corrected chi connectivity index (χ1v) is 11.8. The van der Waals surface area contributed by atoms with Crippen LogP contribution in [-0.2, 0) is 4.79 Å². The van der Waals surface area contributed by atoms with Crippen molar-refractivity contribution < 1.29 is 4.79 Å². The van der Waals surface area contributed by atoms with Gasteiger partial charge in [0.1, 0.15) is 11.6 Å². The summed E-state index contributed by atoms with van der Waals surface area (Å²) in [6.07, 6.45) is 15.6. The number of nitrogens with zero attached hydrogens (tertiary/aromatic N) is 1. The van der Waals surface area contributed by atoms with Crippen molar-refractivity contribution in [1.29, 1.82) is 5.26 Å². The molecule has 0 aromatic heterocycles. The monoisotopic (exact) mass is 409 g/mol. The number of para-hydroxylation sites is 1. The van der Waals surface area contributed by atoms with Crippen molar-refractivity contribution in [2.45, 2.75) is 103 Å². The van der Waals surface area contributed by atoms with Crippen molar-refractivity contribution in [2.24, 2.45) is 0 Å². The zero-order chi connectivity index (χ0) is 21.8. The first kappa shape index (κ1) is 24.0. The van der Waals surface area contributed by atoms with Crippen LogP contribution in [0.15, 0.2) is 30.0 Å². The molecule has 30 heavy (non-hydrogen) atoms. The molecule has 0 unspecified atom stereocenters. The molecule has 0 aliphatic heterocycles. The minimum atomic E-state index is -0.339. The van der Waals surface area contributed by atoms with E-state index in [-0.39, 0.29) is 11.5 Å².